The summed E-state index contributed by atoms with van der Waals surface area (Å²) in [6.07, 6.45) is 8.94. The zero-order chi connectivity index (χ0) is 21.5. The van der Waals surface area contributed by atoms with Gasteiger partial charge in [-0.1, -0.05) is 19.3 Å². The molecule has 1 unspecified atom stereocenters. The molecule has 2 N–H and O–H groups in total. The number of guanidine groups is 1. The molecule has 4 rings (SSSR count). The summed E-state index contributed by atoms with van der Waals surface area (Å²) in [6.45, 7) is 8.75. The fourth-order valence-corrected chi connectivity index (χ4v) is 5.03. The fourth-order valence-electron chi connectivity index (χ4n) is 5.03. The highest BCUT2D eigenvalue weighted by atomic mass is 16.5. The van der Waals surface area contributed by atoms with Gasteiger partial charge in [-0.05, 0) is 32.6 Å². The molecule has 2 aliphatic heterocycles. The van der Waals surface area contributed by atoms with Crippen LogP contribution in [0.4, 0.5) is 0 Å². The minimum Gasteiger partial charge on any atom is -0.379 e. The van der Waals surface area contributed by atoms with E-state index in [4.69, 9.17) is 14.5 Å². The lowest BCUT2D eigenvalue weighted by Gasteiger charge is -2.48. The molecule has 1 saturated carbocycles. The van der Waals surface area contributed by atoms with E-state index in [0.717, 1.165) is 76.4 Å². The highest BCUT2D eigenvalue weighted by Gasteiger charge is 2.38. The lowest BCUT2D eigenvalue weighted by atomic mass is 9.80. The molecule has 3 heterocycles. The first-order chi connectivity index (χ1) is 15.2. The predicted molar refractivity (Wildman–Crippen MR) is 120 cm³/mol. The quantitative estimate of drug-likeness (QED) is 0.496. The van der Waals surface area contributed by atoms with Crippen LogP contribution in [0.2, 0.25) is 0 Å². The fraction of sp³-hybridized carbons (Fsp3) is 0.864. The maximum atomic E-state index is 5.80. The van der Waals surface area contributed by atoms with E-state index >= 15 is 0 Å². The number of nitrogens with zero attached hydrogens (tertiary/aromatic N) is 5. The van der Waals surface area contributed by atoms with Crippen molar-refractivity contribution in [3.05, 3.63) is 11.6 Å². The zero-order valence-electron chi connectivity index (χ0n) is 19.2. The number of hydrogen-bond acceptors (Lipinski definition) is 6. The molecular weight excluding hydrogens is 394 g/mol. The minimum absolute atomic E-state index is 0.190. The number of aliphatic imine (C=N–C) groups is 1. The smallest absolute Gasteiger partial charge is 0.191 e. The Bertz CT molecular complexity index is 717. The van der Waals surface area contributed by atoms with Crippen LogP contribution in [0.15, 0.2) is 4.99 Å². The highest BCUT2D eigenvalue weighted by Crippen LogP contribution is 2.33. The van der Waals surface area contributed by atoms with Crippen LogP contribution in [-0.2, 0) is 23.1 Å². The van der Waals surface area contributed by atoms with Gasteiger partial charge in [-0.25, -0.2) is 4.99 Å². The lowest BCUT2D eigenvalue weighted by molar-refractivity contribution is -0.0353. The van der Waals surface area contributed by atoms with Gasteiger partial charge in [0.2, 0.25) is 0 Å². The predicted octanol–water partition coefficient (Wildman–Crippen LogP) is 1.37. The van der Waals surface area contributed by atoms with E-state index in [1.165, 1.54) is 32.1 Å². The topological polar surface area (TPSA) is 88.8 Å². The molecule has 0 radical (unpaired) electrons. The van der Waals surface area contributed by atoms with Crippen LogP contribution in [0.5, 0.6) is 0 Å². The average molecular weight is 434 g/mol. The summed E-state index contributed by atoms with van der Waals surface area (Å²) >= 11 is 0. The summed E-state index contributed by atoms with van der Waals surface area (Å²) in [5, 5.41) is 15.6. The van der Waals surface area contributed by atoms with Crippen molar-refractivity contribution in [3.8, 4) is 0 Å². The Hall–Kier alpha value is -1.71. The molecule has 1 atom stereocenters. The Morgan fingerprint density at radius 1 is 1.10 bits per heavy atom. The average Bonchev–Trinajstić information content (AvgIpc) is 3.45. The number of aromatic nitrogens is 3. The van der Waals surface area contributed by atoms with Gasteiger partial charge in [-0.3, -0.25) is 4.90 Å². The lowest BCUT2D eigenvalue weighted by Crippen LogP contribution is -2.60. The molecule has 9 heteroatoms. The highest BCUT2D eigenvalue weighted by molar-refractivity contribution is 5.79. The molecule has 174 valence electrons. The van der Waals surface area contributed by atoms with E-state index < -0.39 is 0 Å². The van der Waals surface area contributed by atoms with E-state index in [2.05, 4.69) is 25.7 Å². The number of ether oxygens (including phenoxy) is 2. The Morgan fingerprint density at radius 3 is 2.58 bits per heavy atom. The molecule has 3 fully saturated rings. The second kappa shape index (κ2) is 10.7. The van der Waals surface area contributed by atoms with Gasteiger partial charge in [-0.2, -0.15) is 0 Å². The van der Waals surface area contributed by atoms with Crippen LogP contribution in [0, 0.1) is 6.92 Å². The molecule has 0 spiro atoms. The van der Waals surface area contributed by atoms with Crippen LogP contribution >= 0.6 is 0 Å². The van der Waals surface area contributed by atoms with Gasteiger partial charge in [0, 0.05) is 45.4 Å². The van der Waals surface area contributed by atoms with E-state index in [0.29, 0.717) is 6.54 Å². The maximum absolute atomic E-state index is 5.80. The van der Waals surface area contributed by atoms with Gasteiger partial charge in [-0.15, -0.1) is 10.2 Å². The van der Waals surface area contributed by atoms with E-state index in [-0.39, 0.29) is 11.6 Å². The molecule has 1 aliphatic carbocycles. The van der Waals surface area contributed by atoms with Crippen LogP contribution in [0.1, 0.15) is 56.6 Å². The molecule has 31 heavy (non-hydrogen) atoms. The summed E-state index contributed by atoms with van der Waals surface area (Å²) in [5.41, 5.74) is 0.190. The molecule has 1 aromatic heterocycles. The van der Waals surface area contributed by atoms with Gasteiger partial charge >= 0.3 is 0 Å². The molecule has 0 bridgehead atoms. The standard InChI is InChI=1S/C22H39N7O2/c1-18-26-27-20(28(18)2)16-24-21(23-15-19-7-6-12-31-19)25-17-22(8-4-3-5-9-22)29-10-13-30-14-11-29/h19H,3-17H2,1-2H3,(H2,23,24,25). The zero-order valence-corrected chi connectivity index (χ0v) is 19.2. The molecule has 3 aliphatic rings. The first kappa shape index (κ1) is 22.5. The van der Waals surface area contributed by atoms with Crippen molar-refractivity contribution in [2.24, 2.45) is 12.0 Å². The van der Waals surface area contributed by atoms with Crippen molar-refractivity contribution in [2.75, 3.05) is 46.0 Å². The second-order valence-electron chi connectivity index (χ2n) is 9.14. The first-order valence-corrected chi connectivity index (χ1v) is 12.0. The van der Waals surface area contributed by atoms with Crippen LogP contribution in [0.25, 0.3) is 0 Å². The first-order valence-electron chi connectivity index (χ1n) is 12.0. The molecule has 0 amide bonds. The Kier molecular flexibility index (Phi) is 7.79. The monoisotopic (exact) mass is 433 g/mol. The Balaban J connectivity index is 1.43. The summed E-state index contributed by atoms with van der Waals surface area (Å²) in [5.74, 6) is 2.62. The summed E-state index contributed by atoms with van der Waals surface area (Å²) in [6, 6.07) is 0. The second-order valence-corrected chi connectivity index (χ2v) is 9.14. The van der Waals surface area contributed by atoms with Crippen LogP contribution in [-0.4, -0.2) is 83.3 Å². The largest absolute Gasteiger partial charge is 0.379 e. The summed E-state index contributed by atoms with van der Waals surface area (Å²) in [7, 11) is 1.99. The third-order valence-corrected chi connectivity index (χ3v) is 7.13. The third-order valence-electron chi connectivity index (χ3n) is 7.13. The van der Waals surface area contributed by atoms with Crippen molar-refractivity contribution in [1.82, 2.24) is 30.3 Å². The van der Waals surface area contributed by atoms with Crippen LogP contribution < -0.4 is 10.6 Å². The number of nitrogens with one attached hydrogen (secondary N) is 2. The summed E-state index contributed by atoms with van der Waals surface area (Å²) in [4.78, 5) is 7.52. The molecule has 2 saturated heterocycles. The minimum atomic E-state index is 0.190. The van der Waals surface area contributed by atoms with Gasteiger partial charge in [0.05, 0.1) is 19.3 Å². The van der Waals surface area contributed by atoms with E-state index in [1.54, 1.807) is 0 Å². The number of aryl methyl sites for hydroxylation is 1. The van der Waals surface area contributed by atoms with Gasteiger partial charge < -0.3 is 24.7 Å². The van der Waals surface area contributed by atoms with Crippen molar-refractivity contribution in [3.63, 3.8) is 0 Å². The number of morpholine rings is 1. The summed E-state index contributed by atoms with van der Waals surface area (Å²) < 4.78 is 13.4. The SMILES string of the molecule is Cc1nnc(CN=C(NCC2CCCO2)NCC2(N3CCOCC3)CCCCC2)n1C. The van der Waals surface area contributed by atoms with Crippen molar-refractivity contribution >= 4 is 5.96 Å². The van der Waals surface area contributed by atoms with Gasteiger partial charge in [0.15, 0.2) is 11.8 Å². The van der Waals surface area contributed by atoms with E-state index in [1.807, 2.05) is 18.5 Å². The molecule has 9 nitrogen and oxygen atoms in total. The molecule has 1 aromatic rings. The maximum Gasteiger partial charge on any atom is 0.191 e. The molecule has 0 aromatic carbocycles. The van der Waals surface area contributed by atoms with Crippen molar-refractivity contribution in [1.29, 1.82) is 0 Å². The molecular formula is C22H39N7O2. The van der Waals surface area contributed by atoms with Gasteiger partial charge in [0.1, 0.15) is 12.4 Å². The number of rotatable bonds is 7. The van der Waals surface area contributed by atoms with Crippen molar-refractivity contribution < 1.29 is 9.47 Å². The number of hydrogen-bond donors (Lipinski definition) is 2. The van der Waals surface area contributed by atoms with Crippen LogP contribution in [0.3, 0.4) is 0 Å². The third kappa shape index (κ3) is 5.75. The van der Waals surface area contributed by atoms with Crippen molar-refractivity contribution in [2.45, 2.75) is 70.1 Å². The Labute approximate surface area is 186 Å². The van der Waals surface area contributed by atoms with E-state index in [9.17, 15) is 0 Å². The normalized spacial score (nSPS) is 25.0. The Morgan fingerprint density at radius 2 is 1.90 bits per heavy atom. The van der Waals surface area contributed by atoms with Gasteiger partial charge in [0.25, 0.3) is 0 Å².